The predicted molar refractivity (Wildman–Crippen MR) is 72.6 cm³/mol. The lowest BCUT2D eigenvalue weighted by atomic mass is 10.1. The number of likely N-dealkylation sites (N-methyl/N-ethyl adjacent to an activating group) is 1. The highest BCUT2D eigenvalue weighted by Crippen LogP contribution is 2.40. The number of aromatic nitrogens is 2. The van der Waals surface area contributed by atoms with Gasteiger partial charge in [-0.2, -0.15) is 5.10 Å². The molecule has 6 nitrogen and oxygen atoms in total. The Morgan fingerprint density at radius 2 is 2.10 bits per heavy atom. The van der Waals surface area contributed by atoms with E-state index in [4.69, 9.17) is 0 Å². The van der Waals surface area contributed by atoms with Crippen LogP contribution in [0.4, 0.5) is 0 Å². The van der Waals surface area contributed by atoms with E-state index in [9.17, 15) is 9.59 Å². The largest absolute Gasteiger partial charge is 0.347 e. The first-order valence-electron chi connectivity index (χ1n) is 7.01. The second-order valence-electron chi connectivity index (χ2n) is 6.05. The maximum Gasteiger partial charge on any atom is 0.248 e. The lowest BCUT2D eigenvalue weighted by Crippen LogP contribution is -2.47. The third-order valence-corrected chi connectivity index (χ3v) is 4.26. The van der Waals surface area contributed by atoms with E-state index in [0.29, 0.717) is 19.0 Å². The Kier molecular flexibility index (Phi) is 3.03. The van der Waals surface area contributed by atoms with Gasteiger partial charge in [-0.15, -0.1) is 0 Å². The summed E-state index contributed by atoms with van der Waals surface area (Å²) < 4.78 is 1.75. The Morgan fingerprint density at radius 3 is 2.70 bits per heavy atom. The van der Waals surface area contributed by atoms with Gasteiger partial charge >= 0.3 is 0 Å². The number of carbonyl (C=O) groups is 2. The molecule has 2 aliphatic rings. The minimum absolute atomic E-state index is 0.0173. The normalized spacial score (nSPS) is 27.9. The van der Waals surface area contributed by atoms with Gasteiger partial charge in [0.1, 0.15) is 6.04 Å². The van der Waals surface area contributed by atoms with E-state index in [0.717, 1.165) is 12.1 Å². The zero-order chi connectivity index (χ0) is 14.4. The van der Waals surface area contributed by atoms with E-state index in [1.54, 1.807) is 29.9 Å². The van der Waals surface area contributed by atoms with Crippen LogP contribution in [0, 0.1) is 11.8 Å². The molecule has 0 bridgehead atoms. The predicted octanol–water partition coefficient (Wildman–Crippen LogP) is 0.511. The zero-order valence-corrected chi connectivity index (χ0v) is 12.1. The molecule has 1 fully saturated rings. The molecule has 6 heteroatoms. The zero-order valence-electron chi connectivity index (χ0n) is 12.1. The first-order chi connectivity index (χ1) is 9.49. The fraction of sp³-hybridized carbons (Fsp3) is 0.643. The third kappa shape index (κ3) is 2.09. The highest BCUT2D eigenvalue weighted by atomic mass is 16.2. The molecule has 0 radical (unpaired) electrons. The second kappa shape index (κ2) is 4.61. The summed E-state index contributed by atoms with van der Waals surface area (Å²) in [4.78, 5) is 28.1. The van der Waals surface area contributed by atoms with E-state index < -0.39 is 6.04 Å². The van der Waals surface area contributed by atoms with Crippen molar-refractivity contribution in [1.82, 2.24) is 19.6 Å². The van der Waals surface area contributed by atoms with Crippen molar-refractivity contribution in [3.8, 4) is 0 Å². The van der Waals surface area contributed by atoms with Gasteiger partial charge < -0.3 is 9.80 Å². The van der Waals surface area contributed by atoms with Crippen molar-refractivity contribution >= 4 is 11.8 Å². The average Bonchev–Trinajstić information content (AvgIpc) is 2.96. The van der Waals surface area contributed by atoms with E-state index in [-0.39, 0.29) is 17.7 Å². The van der Waals surface area contributed by atoms with Crippen LogP contribution in [0.3, 0.4) is 0 Å². The summed E-state index contributed by atoms with van der Waals surface area (Å²) in [6.07, 6.45) is 2.67. The molecule has 1 aromatic rings. The van der Waals surface area contributed by atoms with Crippen molar-refractivity contribution in [2.75, 3.05) is 20.6 Å². The molecule has 1 aliphatic heterocycles. The van der Waals surface area contributed by atoms with Crippen molar-refractivity contribution in [3.05, 3.63) is 18.0 Å². The SMILES string of the molecule is CC1CC1C(=O)N1Cc2ccnn2C(C(=O)N(C)C)C1. The van der Waals surface area contributed by atoms with Gasteiger partial charge in [0.15, 0.2) is 0 Å². The van der Waals surface area contributed by atoms with Crippen LogP contribution in [-0.2, 0) is 16.1 Å². The molecule has 108 valence electrons. The highest BCUT2D eigenvalue weighted by molar-refractivity contribution is 5.84. The molecule has 0 N–H and O–H groups in total. The Balaban J connectivity index is 1.85. The van der Waals surface area contributed by atoms with Crippen molar-refractivity contribution < 1.29 is 9.59 Å². The first kappa shape index (κ1) is 13.1. The summed E-state index contributed by atoms with van der Waals surface area (Å²) in [6, 6.07) is 1.48. The summed E-state index contributed by atoms with van der Waals surface area (Å²) in [7, 11) is 3.46. The Labute approximate surface area is 118 Å². The number of amides is 2. The monoisotopic (exact) mass is 276 g/mol. The molecular weight excluding hydrogens is 256 g/mol. The molecule has 1 aromatic heterocycles. The number of hydrogen-bond donors (Lipinski definition) is 0. The van der Waals surface area contributed by atoms with Crippen LogP contribution in [0.25, 0.3) is 0 Å². The summed E-state index contributed by atoms with van der Waals surface area (Å²) >= 11 is 0. The third-order valence-electron chi connectivity index (χ3n) is 4.26. The van der Waals surface area contributed by atoms with Crippen molar-refractivity contribution in [2.45, 2.75) is 25.9 Å². The lowest BCUT2D eigenvalue weighted by Gasteiger charge is -2.34. The maximum absolute atomic E-state index is 12.4. The van der Waals surface area contributed by atoms with Gasteiger partial charge in [-0.25, -0.2) is 0 Å². The van der Waals surface area contributed by atoms with Gasteiger partial charge in [-0.1, -0.05) is 6.92 Å². The summed E-state index contributed by atoms with van der Waals surface area (Å²) in [5, 5.41) is 4.24. The molecule has 20 heavy (non-hydrogen) atoms. The standard InChI is InChI=1S/C14H20N4O2/c1-9-6-11(9)13(19)17-7-10-4-5-15-18(10)12(8-17)14(20)16(2)3/h4-5,9,11-12H,6-8H2,1-3H3. The van der Waals surface area contributed by atoms with E-state index >= 15 is 0 Å². The molecule has 3 atom stereocenters. The Bertz CT molecular complexity index is 551. The van der Waals surface area contributed by atoms with Crippen molar-refractivity contribution in [1.29, 1.82) is 0 Å². The van der Waals surface area contributed by atoms with Crippen molar-refractivity contribution in [3.63, 3.8) is 0 Å². The summed E-state index contributed by atoms with van der Waals surface area (Å²) in [5.41, 5.74) is 0.929. The van der Waals surface area contributed by atoms with E-state index in [2.05, 4.69) is 12.0 Å². The summed E-state index contributed by atoms with van der Waals surface area (Å²) in [5.74, 6) is 0.801. The quantitative estimate of drug-likeness (QED) is 0.791. The molecule has 0 aromatic carbocycles. The van der Waals surface area contributed by atoms with Crippen LogP contribution in [0.2, 0.25) is 0 Å². The number of rotatable bonds is 2. The van der Waals surface area contributed by atoms with E-state index in [1.165, 1.54) is 0 Å². The van der Waals surface area contributed by atoms with Gasteiger partial charge in [0.25, 0.3) is 0 Å². The van der Waals surface area contributed by atoms with Gasteiger partial charge in [-0.3, -0.25) is 14.3 Å². The molecular formula is C14H20N4O2. The van der Waals surface area contributed by atoms with Gasteiger partial charge in [-0.05, 0) is 18.4 Å². The van der Waals surface area contributed by atoms with Gasteiger partial charge in [0.2, 0.25) is 11.8 Å². The lowest BCUT2D eigenvalue weighted by molar-refractivity contribution is -0.139. The van der Waals surface area contributed by atoms with Gasteiger partial charge in [0.05, 0.1) is 18.8 Å². The number of hydrogen-bond acceptors (Lipinski definition) is 3. The van der Waals surface area contributed by atoms with Crippen LogP contribution < -0.4 is 0 Å². The number of carbonyl (C=O) groups excluding carboxylic acids is 2. The molecule has 2 amide bonds. The van der Waals surface area contributed by atoms with Crippen LogP contribution in [0.15, 0.2) is 12.3 Å². The summed E-state index contributed by atoms with van der Waals surface area (Å²) in [6.45, 7) is 3.08. The minimum Gasteiger partial charge on any atom is -0.347 e. The van der Waals surface area contributed by atoms with Crippen molar-refractivity contribution in [2.24, 2.45) is 11.8 Å². The fourth-order valence-corrected chi connectivity index (χ4v) is 2.84. The number of fused-ring (bicyclic) bond motifs is 1. The van der Waals surface area contributed by atoms with Crippen LogP contribution in [0.5, 0.6) is 0 Å². The van der Waals surface area contributed by atoms with E-state index in [1.807, 2.05) is 11.0 Å². The Morgan fingerprint density at radius 1 is 1.40 bits per heavy atom. The average molecular weight is 276 g/mol. The molecule has 3 rings (SSSR count). The Hall–Kier alpha value is -1.85. The number of nitrogens with zero attached hydrogens (tertiary/aromatic N) is 4. The molecule has 1 aliphatic carbocycles. The van der Waals surface area contributed by atoms with Crippen LogP contribution >= 0.6 is 0 Å². The molecule has 2 heterocycles. The molecule has 0 spiro atoms. The van der Waals surface area contributed by atoms with Crippen LogP contribution in [0.1, 0.15) is 25.1 Å². The second-order valence-corrected chi connectivity index (χ2v) is 6.05. The van der Waals surface area contributed by atoms with Gasteiger partial charge in [0, 0.05) is 26.2 Å². The highest BCUT2D eigenvalue weighted by Gasteiger charge is 2.44. The first-order valence-corrected chi connectivity index (χ1v) is 7.01. The minimum atomic E-state index is -0.401. The fourth-order valence-electron chi connectivity index (χ4n) is 2.84. The maximum atomic E-state index is 12.4. The smallest absolute Gasteiger partial charge is 0.248 e. The molecule has 3 unspecified atom stereocenters. The molecule has 0 saturated heterocycles. The topological polar surface area (TPSA) is 58.4 Å². The van der Waals surface area contributed by atoms with Crippen LogP contribution in [-0.4, -0.2) is 52.0 Å². The molecule has 1 saturated carbocycles.